The van der Waals surface area contributed by atoms with Gasteiger partial charge in [-0.3, -0.25) is 9.59 Å². The fraction of sp³-hybridized carbons (Fsp3) is 0.818. The Balaban J connectivity index is 2.47. The molecule has 0 spiro atoms. The highest BCUT2D eigenvalue weighted by Crippen LogP contribution is 2.19. The molecule has 4 nitrogen and oxygen atoms in total. The zero-order chi connectivity index (χ0) is 11.4. The molecule has 0 aromatic carbocycles. The zero-order valence-electron chi connectivity index (χ0n) is 9.66. The number of carbonyl (C=O) groups excluding carboxylic acids is 2. The van der Waals surface area contributed by atoms with E-state index >= 15 is 0 Å². The molecule has 86 valence electrons. The molecule has 0 aliphatic carbocycles. The monoisotopic (exact) mass is 213 g/mol. The van der Waals surface area contributed by atoms with Crippen LogP contribution in [0.2, 0.25) is 0 Å². The van der Waals surface area contributed by atoms with E-state index in [-0.39, 0.29) is 23.9 Å². The molecule has 1 unspecified atom stereocenters. The third-order valence-electron chi connectivity index (χ3n) is 2.39. The highest BCUT2D eigenvalue weighted by molar-refractivity contribution is 5.86. The van der Waals surface area contributed by atoms with Gasteiger partial charge in [-0.15, -0.1) is 0 Å². The van der Waals surface area contributed by atoms with E-state index in [9.17, 15) is 9.59 Å². The van der Waals surface area contributed by atoms with Crippen LogP contribution in [0, 0.1) is 5.92 Å². The Kier molecular flexibility index (Phi) is 4.12. The van der Waals surface area contributed by atoms with Crippen molar-refractivity contribution in [2.75, 3.05) is 13.1 Å². The van der Waals surface area contributed by atoms with Gasteiger partial charge in [0.1, 0.15) is 0 Å². The number of rotatable bonds is 4. The van der Waals surface area contributed by atoms with Gasteiger partial charge in [0.05, 0.1) is 12.0 Å². The lowest BCUT2D eigenvalue weighted by Crippen LogP contribution is -2.28. The third-order valence-corrected chi connectivity index (χ3v) is 2.39. The van der Waals surface area contributed by atoms with Crippen LogP contribution in [-0.2, 0) is 14.3 Å². The number of hydrogen-bond acceptors (Lipinski definition) is 3. The van der Waals surface area contributed by atoms with Gasteiger partial charge in [-0.25, -0.2) is 0 Å². The summed E-state index contributed by atoms with van der Waals surface area (Å²) in [6.07, 6.45) is 1.14. The molecule has 1 heterocycles. The van der Waals surface area contributed by atoms with Crippen LogP contribution >= 0.6 is 0 Å². The predicted octanol–water partition coefficient (Wildman–Crippen LogP) is 1.20. The van der Waals surface area contributed by atoms with Gasteiger partial charge in [0.2, 0.25) is 5.91 Å². The van der Waals surface area contributed by atoms with Crippen molar-refractivity contribution in [3.05, 3.63) is 0 Å². The smallest absolute Gasteiger partial charge is 0.311 e. The van der Waals surface area contributed by atoms with E-state index in [4.69, 9.17) is 4.74 Å². The van der Waals surface area contributed by atoms with Crippen LogP contribution in [0.5, 0.6) is 0 Å². The van der Waals surface area contributed by atoms with Crippen LogP contribution < -0.4 is 0 Å². The van der Waals surface area contributed by atoms with Gasteiger partial charge in [-0.2, -0.15) is 0 Å². The molecule has 0 saturated carbocycles. The zero-order valence-corrected chi connectivity index (χ0v) is 9.66. The van der Waals surface area contributed by atoms with Crippen LogP contribution in [0.25, 0.3) is 0 Å². The van der Waals surface area contributed by atoms with Crippen molar-refractivity contribution >= 4 is 11.9 Å². The normalized spacial score (nSPS) is 21.2. The van der Waals surface area contributed by atoms with Crippen molar-refractivity contribution in [3.63, 3.8) is 0 Å². The topological polar surface area (TPSA) is 46.6 Å². The molecule has 0 bridgehead atoms. The standard InChI is InChI=1S/C11H19NO3/c1-4-5-12-7-9(6-10(12)13)11(14)15-8(2)3/h8-9H,4-7H2,1-3H3. The van der Waals surface area contributed by atoms with Crippen LogP contribution in [0.1, 0.15) is 33.6 Å². The van der Waals surface area contributed by atoms with Gasteiger partial charge in [0, 0.05) is 19.5 Å². The summed E-state index contributed by atoms with van der Waals surface area (Å²) in [5.41, 5.74) is 0. The first-order valence-electron chi connectivity index (χ1n) is 5.52. The summed E-state index contributed by atoms with van der Waals surface area (Å²) in [4.78, 5) is 24.8. The number of carbonyl (C=O) groups is 2. The lowest BCUT2D eigenvalue weighted by Gasteiger charge is -2.15. The average molecular weight is 213 g/mol. The highest BCUT2D eigenvalue weighted by Gasteiger charge is 2.34. The molecule has 1 aliphatic rings. The highest BCUT2D eigenvalue weighted by atomic mass is 16.5. The second kappa shape index (κ2) is 5.14. The van der Waals surface area contributed by atoms with E-state index in [0.717, 1.165) is 13.0 Å². The Hall–Kier alpha value is -1.06. The van der Waals surface area contributed by atoms with E-state index < -0.39 is 0 Å². The van der Waals surface area contributed by atoms with Crippen molar-refractivity contribution in [2.45, 2.75) is 39.7 Å². The number of esters is 1. The minimum atomic E-state index is -0.258. The van der Waals surface area contributed by atoms with Crippen molar-refractivity contribution < 1.29 is 14.3 Å². The molecular weight excluding hydrogens is 194 g/mol. The van der Waals surface area contributed by atoms with E-state index in [1.165, 1.54) is 0 Å². The molecule has 0 N–H and O–H groups in total. The maximum absolute atomic E-state index is 11.5. The number of ether oxygens (including phenoxy) is 1. The van der Waals surface area contributed by atoms with Crippen molar-refractivity contribution in [1.82, 2.24) is 4.90 Å². The average Bonchev–Trinajstić information content (AvgIpc) is 2.47. The second-order valence-corrected chi connectivity index (χ2v) is 4.23. The van der Waals surface area contributed by atoms with Gasteiger partial charge in [0.15, 0.2) is 0 Å². The van der Waals surface area contributed by atoms with Crippen molar-refractivity contribution in [2.24, 2.45) is 5.92 Å². The first-order valence-corrected chi connectivity index (χ1v) is 5.52. The molecule has 1 saturated heterocycles. The molecule has 1 rings (SSSR count). The molecule has 0 aromatic heterocycles. The molecule has 15 heavy (non-hydrogen) atoms. The number of amides is 1. The quantitative estimate of drug-likeness (QED) is 0.659. The van der Waals surface area contributed by atoms with Gasteiger partial charge in [-0.1, -0.05) is 6.92 Å². The van der Waals surface area contributed by atoms with E-state index in [2.05, 4.69) is 0 Å². The summed E-state index contributed by atoms with van der Waals surface area (Å²) in [5.74, 6) is -0.425. The summed E-state index contributed by atoms with van der Waals surface area (Å²) >= 11 is 0. The maximum Gasteiger partial charge on any atom is 0.311 e. The molecular formula is C11H19NO3. The minimum absolute atomic E-state index is 0.0718. The molecule has 1 aliphatic heterocycles. The predicted molar refractivity (Wildman–Crippen MR) is 56.2 cm³/mol. The summed E-state index contributed by atoms with van der Waals surface area (Å²) in [6, 6.07) is 0. The Bertz CT molecular complexity index is 250. The van der Waals surface area contributed by atoms with Crippen LogP contribution in [0.15, 0.2) is 0 Å². The SMILES string of the molecule is CCCN1CC(C(=O)OC(C)C)CC1=O. The minimum Gasteiger partial charge on any atom is -0.463 e. The summed E-state index contributed by atoms with van der Waals surface area (Å²) in [7, 11) is 0. The lowest BCUT2D eigenvalue weighted by molar-refractivity contribution is -0.152. The number of nitrogens with zero attached hydrogens (tertiary/aromatic N) is 1. The molecule has 1 amide bonds. The van der Waals surface area contributed by atoms with Gasteiger partial charge in [-0.05, 0) is 20.3 Å². The van der Waals surface area contributed by atoms with Crippen molar-refractivity contribution in [3.8, 4) is 0 Å². The van der Waals surface area contributed by atoms with E-state index in [1.807, 2.05) is 20.8 Å². The number of likely N-dealkylation sites (tertiary alicyclic amines) is 1. The number of hydrogen-bond donors (Lipinski definition) is 0. The lowest BCUT2D eigenvalue weighted by atomic mass is 10.1. The van der Waals surface area contributed by atoms with Gasteiger partial charge in [0.25, 0.3) is 0 Å². The molecule has 1 fully saturated rings. The first kappa shape index (κ1) is 12.0. The Morgan fingerprint density at radius 1 is 1.60 bits per heavy atom. The van der Waals surface area contributed by atoms with Gasteiger partial charge >= 0.3 is 5.97 Å². The van der Waals surface area contributed by atoms with Crippen molar-refractivity contribution in [1.29, 1.82) is 0 Å². The fourth-order valence-electron chi connectivity index (χ4n) is 1.74. The third kappa shape index (κ3) is 3.22. The maximum atomic E-state index is 11.5. The molecule has 4 heteroatoms. The van der Waals surface area contributed by atoms with Crippen LogP contribution in [-0.4, -0.2) is 36.0 Å². The second-order valence-electron chi connectivity index (χ2n) is 4.23. The first-order chi connectivity index (χ1) is 7.04. The largest absolute Gasteiger partial charge is 0.463 e. The Morgan fingerprint density at radius 3 is 2.80 bits per heavy atom. The summed E-state index contributed by atoms with van der Waals surface area (Å²) < 4.78 is 5.09. The van der Waals surface area contributed by atoms with E-state index in [1.54, 1.807) is 4.90 Å². The summed E-state index contributed by atoms with van der Waals surface area (Å²) in [6.45, 7) is 6.92. The molecule has 0 aromatic rings. The summed E-state index contributed by atoms with van der Waals surface area (Å²) in [5, 5.41) is 0. The molecule has 1 atom stereocenters. The Morgan fingerprint density at radius 2 is 2.27 bits per heavy atom. The van der Waals surface area contributed by atoms with Crippen LogP contribution in [0.4, 0.5) is 0 Å². The van der Waals surface area contributed by atoms with E-state index in [0.29, 0.717) is 13.0 Å². The Labute approximate surface area is 90.6 Å². The van der Waals surface area contributed by atoms with Crippen LogP contribution in [0.3, 0.4) is 0 Å². The van der Waals surface area contributed by atoms with Gasteiger partial charge < -0.3 is 9.64 Å². The fourth-order valence-corrected chi connectivity index (χ4v) is 1.74. The molecule has 0 radical (unpaired) electrons.